The van der Waals surface area contributed by atoms with Crippen molar-refractivity contribution in [3.63, 3.8) is 0 Å². The number of amides is 1. The molecule has 3 aromatic rings. The minimum atomic E-state index is -0.145. The molecule has 0 atom stereocenters. The van der Waals surface area contributed by atoms with Gasteiger partial charge in [-0.05, 0) is 42.8 Å². The van der Waals surface area contributed by atoms with Gasteiger partial charge in [-0.3, -0.25) is 4.79 Å². The predicted octanol–water partition coefficient (Wildman–Crippen LogP) is 3.74. The lowest BCUT2D eigenvalue weighted by molar-refractivity contribution is 0.102. The van der Waals surface area contributed by atoms with E-state index in [1.807, 2.05) is 55.5 Å². The van der Waals surface area contributed by atoms with Gasteiger partial charge in [-0.15, -0.1) is 0 Å². The lowest BCUT2D eigenvalue weighted by Crippen LogP contribution is -2.13. The SMILES string of the molecule is COc1ccc2[nH]c(C(=O)Nc3ccccc3)c(C)c2c1. The van der Waals surface area contributed by atoms with E-state index in [2.05, 4.69) is 10.3 Å². The van der Waals surface area contributed by atoms with Gasteiger partial charge in [0, 0.05) is 16.6 Å². The third-order valence-electron chi connectivity index (χ3n) is 3.52. The molecule has 1 heterocycles. The van der Waals surface area contributed by atoms with Crippen LogP contribution in [0, 0.1) is 6.92 Å². The van der Waals surface area contributed by atoms with Crippen LogP contribution in [0.15, 0.2) is 48.5 Å². The Hall–Kier alpha value is -2.75. The van der Waals surface area contributed by atoms with E-state index < -0.39 is 0 Å². The number of para-hydroxylation sites is 1. The minimum Gasteiger partial charge on any atom is -0.497 e. The summed E-state index contributed by atoms with van der Waals surface area (Å²) in [6.07, 6.45) is 0. The highest BCUT2D eigenvalue weighted by Gasteiger charge is 2.15. The molecule has 2 N–H and O–H groups in total. The molecule has 0 spiro atoms. The van der Waals surface area contributed by atoms with Crippen LogP contribution in [0.25, 0.3) is 10.9 Å². The highest BCUT2D eigenvalue weighted by Crippen LogP contribution is 2.26. The topological polar surface area (TPSA) is 54.1 Å². The summed E-state index contributed by atoms with van der Waals surface area (Å²) in [6, 6.07) is 15.1. The molecule has 0 aliphatic rings. The van der Waals surface area contributed by atoms with Gasteiger partial charge in [0.15, 0.2) is 0 Å². The molecule has 0 aliphatic heterocycles. The van der Waals surface area contributed by atoms with Gasteiger partial charge in [0.2, 0.25) is 0 Å². The maximum atomic E-state index is 12.4. The average Bonchev–Trinajstić information content (AvgIpc) is 2.85. The van der Waals surface area contributed by atoms with E-state index in [0.29, 0.717) is 5.69 Å². The molecule has 0 saturated carbocycles. The van der Waals surface area contributed by atoms with Crippen molar-refractivity contribution in [3.05, 3.63) is 59.8 Å². The fraction of sp³-hybridized carbons (Fsp3) is 0.118. The van der Waals surface area contributed by atoms with Gasteiger partial charge in [-0.2, -0.15) is 0 Å². The number of fused-ring (bicyclic) bond motifs is 1. The zero-order valence-electron chi connectivity index (χ0n) is 11.9. The molecule has 21 heavy (non-hydrogen) atoms. The van der Waals surface area contributed by atoms with Crippen LogP contribution in [0.4, 0.5) is 5.69 Å². The first-order chi connectivity index (χ1) is 10.2. The second-order valence-corrected chi connectivity index (χ2v) is 4.86. The molecule has 3 rings (SSSR count). The summed E-state index contributed by atoms with van der Waals surface area (Å²) >= 11 is 0. The van der Waals surface area contributed by atoms with Gasteiger partial charge in [0.25, 0.3) is 5.91 Å². The van der Waals surface area contributed by atoms with Crippen molar-refractivity contribution in [1.82, 2.24) is 4.98 Å². The van der Waals surface area contributed by atoms with Crippen LogP contribution in [0.3, 0.4) is 0 Å². The predicted molar refractivity (Wildman–Crippen MR) is 84.0 cm³/mol. The van der Waals surface area contributed by atoms with Crippen molar-refractivity contribution in [1.29, 1.82) is 0 Å². The van der Waals surface area contributed by atoms with Crippen molar-refractivity contribution >= 4 is 22.5 Å². The number of benzene rings is 2. The fourth-order valence-electron chi connectivity index (χ4n) is 2.37. The van der Waals surface area contributed by atoms with Crippen molar-refractivity contribution in [2.75, 3.05) is 12.4 Å². The number of rotatable bonds is 3. The molecule has 0 fully saturated rings. The van der Waals surface area contributed by atoms with Crippen LogP contribution in [0.1, 0.15) is 16.1 Å². The number of methoxy groups -OCH3 is 1. The summed E-state index contributed by atoms with van der Waals surface area (Å²) in [5.41, 5.74) is 3.18. The molecule has 0 aliphatic carbocycles. The Morgan fingerprint density at radius 3 is 2.62 bits per heavy atom. The Kier molecular flexibility index (Phi) is 3.36. The number of nitrogens with one attached hydrogen (secondary N) is 2. The number of hydrogen-bond donors (Lipinski definition) is 2. The summed E-state index contributed by atoms with van der Waals surface area (Å²) in [5.74, 6) is 0.633. The summed E-state index contributed by atoms with van der Waals surface area (Å²) in [4.78, 5) is 15.6. The number of H-pyrrole nitrogens is 1. The molecular formula is C17H16N2O2. The number of aromatic nitrogens is 1. The van der Waals surface area contributed by atoms with E-state index in [4.69, 9.17) is 4.74 Å². The lowest BCUT2D eigenvalue weighted by Gasteiger charge is -2.04. The largest absolute Gasteiger partial charge is 0.497 e. The van der Waals surface area contributed by atoms with E-state index in [1.165, 1.54) is 0 Å². The third kappa shape index (κ3) is 2.48. The van der Waals surface area contributed by atoms with Gasteiger partial charge < -0.3 is 15.0 Å². The lowest BCUT2D eigenvalue weighted by atomic mass is 10.1. The number of anilines is 1. The van der Waals surface area contributed by atoms with Gasteiger partial charge in [0.05, 0.1) is 7.11 Å². The summed E-state index contributed by atoms with van der Waals surface area (Å²) < 4.78 is 5.23. The molecule has 4 nitrogen and oxygen atoms in total. The molecule has 0 unspecified atom stereocenters. The number of aryl methyl sites for hydroxylation is 1. The molecule has 0 radical (unpaired) electrons. The number of hydrogen-bond acceptors (Lipinski definition) is 2. The van der Waals surface area contributed by atoms with Gasteiger partial charge in [-0.25, -0.2) is 0 Å². The van der Waals surface area contributed by atoms with Crippen LogP contribution >= 0.6 is 0 Å². The number of carbonyl (C=O) groups is 1. The molecular weight excluding hydrogens is 264 g/mol. The van der Waals surface area contributed by atoms with Crippen molar-refractivity contribution in [2.45, 2.75) is 6.92 Å². The van der Waals surface area contributed by atoms with E-state index in [1.54, 1.807) is 7.11 Å². The summed E-state index contributed by atoms with van der Waals surface area (Å²) in [7, 11) is 1.63. The van der Waals surface area contributed by atoms with Crippen LogP contribution in [-0.4, -0.2) is 18.0 Å². The van der Waals surface area contributed by atoms with Gasteiger partial charge >= 0.3 is 0 Å². The Morgan fingerprint density at radius 2 is 1.90 bits per heavy atom. The number of carbonyl (C=O) groups excluding carboxylic acids is 1. The monoisotopic (exact) mass is 280 g/mol. The molecule has 2 aromatic carbocycles. The summed E-state index contributed by atoms with van der Waals surface area (Å²) in [6.45, 7) is 1.93. The normalized spacial score (nSPS) is 10.6. The standard InChI is InChI=1S/C17H16N2O2/c1-11-14-10-13(21-2)8-9-15(14)19-16(11)17(20)18-12-6-4-3-5-7-12/h3-10,19H,1-2H3,(H,18,20). The second kappa shape index (κ2) is 5.32. The molecule has 0 saturated heterocycles. The highest BCUT2D eigenvalue weighted by atomic mass is 16.5. The van der Waals surface area contributed by atoms with E-state index in [0.717, 1.165) is 27.9 Å². The second-order valence-electron chi connectivity index (χ2n) is 4.86. The zero-order valence-corrected chi connectivity index (χ0v) is 11.9. The third-order valence-corrected chi connectivity index (χ3v) is 3.52. The maximum absolute atomic E-state index is 12.4. The maximum Gasteiger partial charge on any atom is 0.272 e. The average molecular weight is 280 g/mol. The Morgan fingerprint density at radius 1 is 1.14 bits per heavy atom. The van der Waals surface area contributed by atoms with Crippen molar-refractivity contribution in [3.8, 4) is 5.75 Å². The zero-order chi connectivity index (χ0) is 14.8. The Labute approximate surface area is 122 Å². The van der Waals surface area contributed by atoms with Crippen LogP contribution in [-0.2, 0) is 0 Å². The van der Waals surface area contributed by atoms with Gasteiger partial charge in [-0.1, -0.05) is 18.2 Å². The highest BCUT2D eigenvalue weighted by molar-refractivity contribution is 6.07. The van der Waals surface area contributed by atoms with Gasteiger partial charge in [0.1, 0.15) is 11.4 Å². The molecule has 1 aromatic heterocycles. The minimum absolute atomic E-state index is 0.145. The first-order valence-electron chi connectivity index (χ1n) is 6.72. The molecule has 1 amide bonds. The van der Waals surface area contributed by atoms with Crippen LogP contribution < -0.4 is 10.1 Å². The van der Waals surface area contributed by atoms with Crippen molar-refractivity contribution < 1.29 is 9.53 Å². The fourth-order valence-corrected chi connectivity index (χ4v) is 2.37. The number of aromatic amines is 1. The van der Waals surface area contributed by atoms with E-state index in [9.17, 15) is 4.79 Å². The number of ether oxygens (including phenoxy) is 1. The van der Waals surface area contributed by atoms with Crippen LogP contribution in [0.5, 0.6) is 5.75 Å². The van der Waals surface area contributed by atoms with Crippen LogP contribution in [0.2, 0.25) is 0 Å². The smallest absolute Gasteiger partial charge is 0.272 e. The first-order valence-corrected chi connectivity index (χ1v) is 6.72. The Balaban J connectivity index is 1.96. The Bertz CT molecular complexity index is 791. The molecule has 106 valence electrons. The van der Waals surface area contributed by atoms with E-state index in [-0.39, 0.29) is 5.91 Å². The molecule has 0 bridgehead atoms. The molecule has 4 heteroatoms. The first kappa shape index (κ1) is 13.2. The van der Waals surface area contributed by atoms with Crippen molar-refractivity contribution in [2.24, 2.45) is 0 Å². The summed E-state index contributed by atoms with van der Waals surface area (Å²) in [5, 5.41) is 3.88. The quantitative estimate of drug-likeness (QED) is 0.768. The van der Waals surface area contributed by atoms with E-state index >= 15 is 0 Å².